The SMILES string of the molecule is COCCCOCCOC(C)(CBr)CNC(=O)OC(C)(C)C. The van der Waals surface area contributed by atoms with Crippen LogP contribution < -0.4 is 5.32 Å². The van der Waals surface area contributed by atoms with Crippen molar-refractivity contribution >= 4 is 22.0 Å². The molecule has 0 saturated heterocycles. The van der Waals surface area contributed by atoms with Gasteiger partial charge in [-0.15, -0.1) is 0 Å². The Labute approximate surface area is 142 Å². The van der Waals surface area contributed by atoms with Crippen LogP contribution in [0.2, 0.25) is 0 Å². The number of amides is 1. The van der Waals surface area contributed by atoms with Crippen molar-refractivity contribution < 1.29 is 23.7 Å². The molecule has 22 heavy (non-hydrogen) atoms. The van der Waals surface area contributed by atoms with E-state index in [9.17, 15) is 4.79 Å². The fraction of sp³-hybridized carbons (Fsp3) is 0.933. The quantitative estimate of drug-likeness (QED) is 0.438. The van der Waals surface area contributed by atoms with Crippen molar-refractivity contribution in [1.82, 2.24) is 5.32 Å². The number of alkyl halides is 1. The zero-order chi connectivity index (χ0) is 17.1. The molecule has 0 heterocycles. The maximum Gasteiger partial charge on any atom is 0.407 e. The molecule has 1 atom stereocenters. The Morgan fingerprint density at radius 3 is 2.32 bits per heavy atom. The topological polar surface area (TPSA) is 66.0 Å². The zero-order valence-electron chi connectivity index (χ0n) is 14.4. The number of hydrogen-bond acceptors (Lipinski definition) is 5. The van der Waals surface area contributed by atoms with Gasteiger partial charge in [0.2, 0.25) is 0 Å². The maximum absolute atomic E-state index is 11.7. The third kappa shape index (κ3) is 12.2. The Morgan fingerprint density at radius 1 is 1.09 bits per heavy atom. The van der Waals surface area contributed by atoms with Crippen molar-refractivity contribution in [2.45, 2.75) is 45.3 Å². The second-order valence-electron chi connectivity index (χ2n) is 6.25. The third-order valence-electron chi connectivity index (χ3n) is 2.60. The number of rotatable bonds is 11. The maximum atomic E-state index is 11.7. The minimum Gasteiger partial charge on any atom is -0.444 e. The molecule has 0 aromatic carbocycles. The van der Waals surface area contributed by atoms with Gasteiger partial charge in [-0.1, -0.05) is 15.9 Å². The molecule has 0 rings (SSSR count). The van der Waals surface area contributed by atoms with Crippen LogP contribution in [-0.2, 0) is 18.9 Å². The van der Waals surface area contributed by atoms with Gasteiger partial charge in [-0.2, -0.15) is 0 Å². The Kier molecular flexibility index (Phi) is 11.0. The summed E-state index contributed by atoms with van der Waals surface area (Å²) in [4.78, 5) is 11.7. The van der Waals surface area contributed by atoms with Gasteiger partial charge in [-0.3, -0.25) is 0 Å². The molecule has 7 heteroatoms. The highest BCUT2D eigenvalue weighted by Gasteiger charge is 2.26. The molecule has 0 radical (unpaired) electrons. The number of halogens is 1. The molecule has 0 aliphatic rings. The molecule has 0 saturated carbocycles. The standard InChI is InChI=1S/C15H30BrNO5/c1-14(2,3)22-13(18)17-12-15(4,11-16)21-10-9-20-8-6-7-19-5/h6-12H2,1-5H3,(H,17,18). The lowest BCUT2D eigenvalue weighted by Gasteiger charge is -2.29. The van der Waals surface area contributed by atoms with E-state index in [1.54, 1.807) is 7.11 Å². The first-order valence-corrected chi connectivity index (χ1v) is 8.58. The molecule has 0 aliphatic carbocycles. The van der Waals surface area contributed by atoms with Crippen LogP contribution in [0.25, 0.3) is 0 Å². The van der Waals surface area contributed by atoms with Gasteiger partial charge in [0.25, 0.3) is 0 Å². The van der Waals surface area contributed by atoms with E-state index < -0.39 is 17.3 Å². The molecular formula is C15H30BrNO5. The zero-order valence-corrected chi connectivity index (χ0v) is 16.0. The van der Waals surface area contributed by atoms with Crippen LogP contribution in [0.1, 0.15) is 34.1 Å². The van der Waals surface area contributed by atoms with E-state index in [0.717, 1.165) is 6.42 Å². The lowest BCUT2D eigenvalue weighted by molar-refractivity contribution is -0.0434. The van der Waals surface area contributed by atoms with Gasteiger partial charge in [-0.05, 0) is 34.1 Å². The van der Waals surface area contributed by atoms with Crippen LogP contribution >= 0.6 is 15.9 Å². The fourth-order valence-corrected chi connectivity index (χ4v) is 1.82. The Bertz CT molecular complexity index is 309. The first-order valence-electron chi connectivity index (χ1n) is 7.46. The molecule has 0 aromatic heterocycles. The smallest absolute Gasteiger partial charge is 0.407 e. The summed E-state index contributed by atoms with van der Waals surface area (Å²) in [5.74, 6) is 0. The second-order valence-corrected chi connectivity index (χ2v) is 6.81. The van der Waals surface area contributed by atoms with Crippen LogP contribution in [0.4, 0.5) is 4.79 Å². The first kappa shape index (κ1) is 21.6. The van der Waals surface area contributed by atoms with Crippen LogP contribution in [0.15, 0.2) is 0 Å². The molecule has 6 nitrogen and oxygen atoms in total. The van der Waals surface area contributed by atoms with Crippen LogP contribution in [0.3, 0.4) is 0 Å². The van der Waals surface area contributed by atoms with E-state index in [4.69, 9.17) is 18.9 Å². The van der Waals surface area contributed by atoms with Crippen LogP contribution in [-0.4, -0.2) is 62.7 Å². The second kappa shape index (κ2) is 11.2. The molecule has 0 bridgehead atoms. The number of hydrogen-bond donors (Lipinski definition) is 1. The van der Waals surface area contributed by atoms with Crippen molar-refractivity contribution in [1.29, 1.82) is 0 Å². The Hall–Kier alpha value is -0.370. The minimum atomic E-state index is -0.508. The van der Waals surface area contributed by atoms with E-state index in [1.165, 1.54) is 0 Å². The summed E-state index contributed by atoms with van der Waals surface area (Å²) in [5, 5.41) is 3.32. The number of carbonyl (C=O) groups excluding carboxylic acids is 1. The highest BCUT2D eigenvalue weighted by atomic mass is 79.9. The summed E-state index contributed by atoms with van der Waals surface area (Å²) in [6.07, 6.45) is 0.422. The number of carbonyl (C=O) groups is 1. The van der Waals surface area contributed by atoms with Gasteiger partial charge >= 0.3 is 6.09 Å². The van der Waals surface area contributed by atoms with Gasteiger partial charge in [0.05, 0.1) is 25.4 Å². The van der Waals surface area contributed by atoms with Gasteiger partial charge < -0.3 is 24.3 Å². The van der Waals surface area contributed by atoms with E-state index in [2.05, 4.69) is 21.2 Å². The van der Waals surface area contributed by atoms with Crippen molar-refractivity contribution in [2.24, 2.45) is 0 Å². The summed E-state index contributed by atoms with van der Waals surface area (Å²) in [7, 11) is 1.67. The molecule has 1 N–H and O–H groups in total. The number of ether oxygens (including phenoxy) is 4. The largest absolute Gasteiger partial charge is 0.444 e. The van der Waals surface area contributed by atoms with Gasteiger partial charge in [0.1, 0.15) is 5.60 Å². The molecular weight excluding hydrogens is 354 g/mol. The summed E-state index contributed by atoms with van der Waals surface area (Å²) >= 11 is 3.41. The molecule has 1 amide bonds. The molecule has 132 valence electrons. The molecule has 0 spiro atoms. The number of alkyl carbamates (subject to hydrolysis) is 1. The van der Waals surface area contributed by atoms with Crippen LogP contribution in [0.5, 0.6) is 0 Å². The van der Waals surface area contributed by atoms with Crippen molar-refractivity contribution in [3.05, 3.63) is 0 Å². The van der Waals surface area contributed by atoms with Crippen molar-refractivity contribution in [3.8, 4) is 0 Å². The van der Waals surface area contributed by atoms with Gasteiger partial charge in [-0.25, -0.2) is 4.79 Å². The summed E-state index contributed by atoms with van der Waals surface area (Å²) in [6, 6.07) is 0. The summed E-state index contributed by atoms with van der Waals surface area (Å²) in [5.41, 5.74) is -1.02. The predicted octanol–water partition coefficient (Wildman–Crippen LogP) is 2.73. The Balaban J connectivity index is 3.91. The molecule has 1 unspecified atom stereocenters. The summed E-state index contributed by atoms with van der Waals surface area (Å²) < 4.78 is 21.4. The normalized spacial score (nSPS) is 14.5. The lowest BCUT2D eigenvalue weighted by atomic mass is 10.1. The van der Waals surface area contributed by atoms with Gasteiger partial charge in [0, 0.05) is 25.7 Å². The molecule has 0 aliphatic heterocycles. The minimum absolute atomic E-state index is 0.358. The molecule has 0 aromatic rings. The first-order chi connectivity index (χ1) is 10.2. The number of methoxy groups -OCH3 is 1. The highest BCUT2D eigenvalue weighted by molar-refractivity contribution is 9.09. The average Bonchev–Trinajstić information content (AvgIpc) is 2.42. The van der Waals surface area contributed by atoms with E-state index in [0.29, 0.717) is 38.3 Å². The van der Waals surface area contributed by atoms with Crippen molar-refractivity contribution in [2.75, 3.05) is 45.4 Å². The molecule has 0 fully saturated rings. The van der Waals surface area contributed by atoms with E-state index in [-0.39, 0.29) is 0 Å². The number of nitrogens with one attached hydrogen (secondary N) is 1. The van der Waals surface area contributed by atoms with E-state index >= 15 is 0 Å². The fourth-order valence-electron chi connectivity index (χ4n) is 1.46. The van der Waals surface area contributed by atoms with E-state index in [1.807, 2.05) is 27.7 Å². The Morgan fingerprint density at radius 2 is 1.77 bits per heavy atom. The monoisotopic (exact) mass is 383 g/mol. The third-order valence-corrected chi connectivity index (χ3v) is 3.79. The van der Waals surface area contributed by atoms with Crippen molar-refractivity contribution in [3.63, 3.8) is 0 Å². The summed E-state index contributed by atoms with van der Waals surface area (Å²) in [6.45, 7) is 10.1. The van der Waals surface area contributed by atoms with Gasteiger partial charge in [0.15, 0.2) is 0 Å². The average molecular weight is 384 g/mol. The predicted molar refractivity (Wildman–Crippen MR) is 89.7 cm³/mol. The highest BCUT2D eigenvalue weighted by Crippen LogP contribution is 2.13. The lowest BCUT2D eigenvalue weighted by Crippen LogP contribution is -2.46. The van der Waals surface area contributed by atoms with Crippen LogP contribution in [0, 0.1) is 0 Å².